The molecule has 0 unspecified atom stereocenters. The first-order valence-corrected chi connectivity index (χ1v) is 12.1. The minimum absolute atomic E-state index is 0.694. The highest BCUT2D eigenvalue weighted by molar-refractivity contribution is 6.26. The van der Waals surface area contributed by atoms with Crippen LogP contribution >= 0.6 is 0 Å². The molecule has 2 nitrogen and oxygen atoms in total. The van der Waals surface area contributed by atoms with E-state index in [1.54, 1.807) is 0 Å². The summed E-state index contributed by atoms with van der Waals surface area (Å²) in [5.41, 5.74) is 9.70. The van der Waals surface area contributed by atoms with Crippen LogP contribution in [0.15, 0.2) is 54.7 Å². The van der Waals surface area contributed by atoms with Crippen molar-refractivity contribution in [3.05, 3.63) is 71.4 Å². The molecule has 32 heavy (non-hydrogen) atoms. The Hall–Kier alpha value is -3.13. The molecule has 158 valence electrons. The van der Waals surface area contributed by atoms with Crippen molar-refractivity contribution in [2.24, 2.45) is 7.05 Å². The average molecular weight is 418 g/mol. The maximum absolute atomic E-state index is 2.58. The molecule has 0 amide bonds. The normalized spacial score (nSPS) is 15.8. The highest BCUT2D eigenvalue weighted by Crippen LogP contribution is 2.43. The number of rotatable bonds is 1. The number of benzene rings is 3. The second-order valence-electron chi connectivity index (χ2n) is 10.1. The van der Waals surface area contributed by atoms with Crippen molar-refractivity contribution in [2.45, 2.75) is 51.9 Å². The summed E-state index contributed by atoms with van der Waals surface area (Å²) >= 11 is 0. The van der Waals surface area contributed by atoms with Crippen LogP contribution < -0.4 is 4.57 Å². The van der Waals surface area contributed by atoms with E-state index >= 15 is 0 Å². The summed E-state index contributed by atoms with van der Waals surface area (Å²) in [6, 6.07) is 18.8. The molecule has 6 aromatic rings. The third kappa shape index (κ3) is 2.28. The second-order valence-corrected chi connectivity index (χ2v) is 10.1. The largest absolute Gasteiger partial charge is 0.307 e. The molecule has 3 aromatic carbocycles. The topological polar surface area (TPSA) is 8.29 Å². The van der Waals surface area contributed by atoms with Gasteiger partial charge in [0.25, 0.3) is 0 Å². The minimum atomic E-state index is 0.694. The standard InChI is InChI=1S/C30H29N2/c1-18-8-7-11-24-26(18)23-13-12-19(2)27-29(23)32(24)25-17-22(20-9-5-4-6-10-20)16-21-14-15-31(3)30(27)28(21)25/h7-8,11-17,20H,4-6,9-10H2,1-3H3/q+1. The highest BCUT2D eigenvalue weighted by atomic mass is 15.0. The molecule has 0 aliphatic heterocycles. The Morgan fingerprint density at radius 3 is 2.47 bits per heavy atom. The lowest BCUT2D eigenvalue weighted by atomic mass is 9.83. The predicted molar refractivity (Wildman–Crippen MR) is 135 cm³/mol. The number of pyridine rings is 2. The fourth-order valence-electron chi connectivity index (χ4n) is 6.64. The lowest BCUT2D eigenvalue weighted by Gasteiger charge is -2.23. The summed E-state index contributed by atoms with van der Waals surface area (Å²) in [5.74, 6) is 0.694. The van der Waals surface area contributed by atoms with E-state index in [2.05, 4.69) is 84.6 Å². The molecule has 7 rings (SSSR count). The van der Waals surface area contributed by atoms with Gasteiger partial charge in [0.15, 0.2) is 6.20 Å². The maximum Gasteiger partial charge on any atom is 0.224 e. The van der Waals surface area contributed by atoms with E-state index in [0.29, 0.717) is 5.92 Å². The summed E-state index contributed by atoms with van der Waals surface area (Å²) in [7, 11) is 2.20. The Bertz CT molecular complexity index is 1680. The van der Waals surface area contributed by atoms with E-state index in [1.807, 2.05) is 0 Å². The minimum Gasteiger partial charge on any atom is -0.307 e. The zero-order valence-corrected chi connectivity index (χ0v) is 19.2. The fraction of sp³-hybridized carbons (Fsp3) is 0.300. The van der Waals surface area contributed by atoms with Gasteiger partial charge in [-0.3, -0.25) is 0 Å². The van der Waals surface area contributed by atoms with Crippen LogP contribution in [-0.4, -0.2) is 4.40 Å². The molecule has 0 spiro atoms. The van der Waals surface area contributed by atoms with Crippen LogP contribution in [0, 0.1) is 13.8 Å². The molecule has 0 atom stereocenters. The summed E-state index contributed by atoms with van der Waals surface area (Å²) in [4.78, 5) is 0. The molecule has 0 N–H and O–H groups in total. The van der Waals surface area contributed by atoms with E-state index in [4.69, 9.17) is 0 Å². The zero-order valence-electron chi connectivity index (χ0n) is 19.2. The molecule has 1 saturated carbocycles. The van der Waals surface area contributed by atoms with Gasteiger partial charge < -0.3 is 4.40 Å². The van der Waals surface area contributed by atoms with Crippen molar-refractivity contribution in [3.63, 3.8) is 0 Å². The quantitative estimate of drug-likeness (QED) is 0.149. The summed E-state index contributed by atoms with van der Waals surface area (Å²) < 4.78 is 4.92. The molecular formula is C30H29N2+. The molecule has 0 bridgehead atoms. The molecule has 0 radical (unpaired) electrons. The third-order valence-electron chi connectivity index (χ3n) is 8.16. The number of hydrogen-bond acceptors (Lipinski definition) is 0. The van der Waals surface area contributed by atoms with Crippen molar-refractivity contribution in [3.8, 4) is 0 Å². The van der Waals surface area contributed by atoms with Gasteiger partial charge >= 0.3 is 0 Å². The zero-order chi connectivity index (χ0) is 21.6. The molecule has 1 aliphatic rings. The fourth-order valence-corrected chi connectivity index (χ4v) is 6.64. The van der Waals surface area contributed by atoms with E-state index in [9.17, 15) is 0 Å². The van der Waals surface area contributed by atoms with Crippen LogP contribution in [-0.2, 0) is 7.05 Å². The van der Waals surface area contributed by atoms with Crippen LogP contribution in [0.2, 0.25) is 0 Å². The van der Waals surface area contributed by atoms with Gasteiger partial charge in [0.2, 0.25) is 5.52 Å². The van der Waals surface area contributed by atoms with Crippen molar-refractivity contribution >= 4 is 49.0 Å². The molecule has 3 aromatic heterocycles. The van der Waals surface area contributed by atoms with Gasteiger partial charge in [-0.2, -0.15) is 0 Å². The molecule has 1 aliphatic carbocycles. The van der Waals surface area contributed by atoms with E-state index in [0.717, 1.165) is 0 Å². The van der Waals surface area contributed by atoms with Crippen LogP contribution in [0.25, 0.3) is 49.0 Å². The van der Waals surface area contributed by atoms with Crippen LogP contribution in [0.1, 0.15) is 54.7 Å². The molecule has 3 heterocycles. The first-order chi connectivity index (χ1) is 15.6. The van der Waals surface area contributed by atoms with Gasteiger partial charge in [-0.05, 0) is 66.8 Å². The SMILES string of the molecule is Cc1cccc2c1c1ccc(C)c3c1n2c1cc(C2CCCCC2)cc2cc[n+](C)c3c21. The van der Waals surface area contributed by atoms with Crippen molar-refractivity contribution in [2.75, 3.05) is 0 Å². The van der Waals surface area contributed by atoms with Crippen LogP contribution in [0.5, 0.6) is 0 Å². The van der Waals surface area contributed by atoms with Crippen LogP contribution in [0.4, 0.5) is 0 Å². The predicted octanol–water partition coefficient (Wildman–Crippen LogP) is 7.48. The van der Waals surface area contributed by atoms with Gasteiger partial charge in [-0.25, -0.2) is 4.57 Å². The van der Waals surface area contributed by atoms with Crippen molar-refractivity contribution in [1.29, 1.82) is 0 Å². The first kappa shape index (κ1) is 18.4. The van der Waals surface area contributed by atoms with Gasteiger partial charge in [-0.15, -0.1) is 0 Å². The monoisotopic (exact) mass is 417 g/mol. The number of aryl methyl sites for hydroxylation is 3. The second kappa shape index (κ2) is 6.45. The Morgan fingerprint density at radius 1 is 0.812 bits per heavy atom. The van der Waals surface area contributed by atoms with Crippen molar-refractivity contribution in [1.82, 2.24) is 4.40 Å². The lowest BCUT2D eigenvalue weighted by molar-refractivity contribution is -0.643. The van der Waals surface area contributed by atoms with Gasteiger partial charge in [0.05, 0.1) is 27.3 Å². The summed E-state index contributed by atoms with van der Waals surface area (Å²) in [6.07, 6.45) is 9.04. The lowest BCUT2D eigenvalue weighted by Crippen LogP contribution is -2.29. The Kier molecular flexibility index (Phi) is 3.72. The average Bonchev–Trinajstić information content (AvgIpc) is 3.16. The molecule has 2 heteroatoms. The molecule has 0 saturated heterocycles. The first-order valence-electron chi connectivity index (χ1n) is 12.1. The number of fused-ring (bicyclic) bond motifs is 5. The third-order valence-corrected chi connectivity index (χ3v) is 8.16. The summed E-state index contributed by atoms with van der Waals surface area (Å²) in [5, 5.41) is 6.95. The Labute approximate surface area is 188 Å². The van der Waals surface area contributed by atoms with E-state index in [-0.39, 0.29) is 0 Å². The van der Waals surface area contributed by atoms with Crippen molar-refractivity contribution < 1.29 is 4.57 Å². The highest BCUT2D eigenvalue weighted by Gasteiger charge is 2.26. The van der Waals surface area contributed by atoms with Gasteiger partial charge in [0.1, 0.15) is 7.05 Å². The van der Waals surface area contributed by atoms with E-state index < -0.39 is 0 Å². The molecular weight excluding hydrogens is 388 g/mol. The number of aromatic nitrogens is 2. The van der Waals surface area contributed by atoms with Gasteiger partial charge in [-0.1, -0.05) is 49.6 Å². The summed E-state index contributed by atoms with van der Waals surface area (Å²) in [6.45, 7) is 4.52. The van der Waals surface area contributed by atoms with E-state index in [1.165, 1.54) is 97.8 Å². The smallest absolute Gasteiger partial charge is 0.224 e. The number of nitrogens with zero attached hydrogens (tertiary/aromatic N) is 2. The molecule has 1 fully saturated rings. The van der Waals surface area contributed by atoms with Gasteiger partial charge in [0, 0.05) is 16.8 Å². The van der Waals surface area contributed by atoms with Crippen LogP contribution in [0.3, 0.4) is 0 Å². The number of hydrogen-bond donors (Lipinski definition) is 0. The maximum atomic E-state index is 2.58. The Morgan fingerprint density at radius 2 is 1.62 bits per heavy atom. The Balaban J connectivity index is 1.79.